The Morgan fingerprint density at radius 2 is 2.00 bits per heavy atom. The van der Waals surface area contributed by atoms with Crippen LogP contribution < -0.4 is 0 Å². The molecule has 0 aromatic heterocycles. The molecule has 1 aromatic carbocycles. The minimum atomic E-state index is -0.545. The van der Waals surface area contributed by atoms with Gasteiger partial charge in [-0.2, -0.15) is 0 Å². The molecule has 118 valence electrons. The van der Waals surface area contributed by atoms with Crippen molar-refractivity contribution < 1.29 is 19.1 Å². The van der Waals surface area contributed by atoms with Crippen LogP contribution in [0.2, 0.25) is 0 Å². The van der Waals surface area contributed by atoms with Crippen molar-refractivity contribution in [3.63, 3.8) is 0 Å². The largest absolute Gasteiger partial charge is 0.467 e. The molecule has 2 atom stereocenters. The van der Waals surface area contributed by atoms with E-state index >= 15 is 0 Å². The van der Waals surface area contributed by atoms with Crippen LogP contribution in [0.1, 0.15) is 23.7 Å². The Hall–Kier alpha value is -1.82. The quantitative estimate of drug-likeness (QED) is 0.613. The standard InChI is InChI=1S/C16H19NO4S/c1-11(8-14(18)12-6-4-3-5-7-12)15(19)17-10-22-9-13(17)16(20)21-2/h3-7,11,13H,8-10H2,1-2H3/t11-,13-/m0/s1. The lowest BCUT2D eigenvalue weighted by molar-refractivity contribution is -0.151. The fourth-order valence-corrected chi connectivity index (χ4v) is 3.53. The van der Waals surface area contributed by atoms with Crippen molar-refractivity contribution in [3.05, 3.63) is 35.9 Å². The number of methoxy groups -OCH3 is 1. The summed E-state index contributed by atoms with van der Waals surface area (Å²) in [5.74, 6) is -0.105. The fourth-order valence-electron chi connectivity index (χ4n) is 2.38. The maximum Gasteiger partial charge on any atom is 0.329 e. The molecule has 0 spiro atoms. The highest BCUT2D eigenvalue weighted by Gasteiger charge is 2.37. The van der Waals surface area contributed by atoms with Crippen molar-refractivity contribution in [3.8, 4) is 0 Å². The summed E-state index contributed by atoms with van der Waals surface area (Å²) >= 11 is 1.51. The number of thioether (sulfide) groups is 1. The Balaban J connectivity index is 2.00. The molecule has 1 aliphatic heterocycles. The number of ether oxygens (including phenoxy) is 1. The number of ketones is 1. The average molecular weight is 321 g/mol. The van der Waals surface area contributed by atoms with Gasteiger partial charge in [-0.15, -0.1) is 11.8 Å². The van der Waals surface area contributed by atoms with E-state index in [0.29, 0.717) is 17.2 Å². The van der Waals surface area contributed by atoms with Crippen LogP contribution in [0.3, 0.4) is 0 Å². The van der Waals surface area contributed by atoms with Crippen LogP contribution in [0, 0.1) is 5.92 Å². The molecule has 5 nitrogen and oxygen atoms in total. The van der Waals surface area contributed by atoms with Gasteiger partial charge in [0.05, 0.1) is 13.0 Å². The number of hydrogen-bond acceptors (Lipinski definition) is 5. The molecule has 1 aliphatic rings. The van der Waals surface area contributed by atoms with Gasteiger partial charge in [-0.1, -0.05) is 37.3 Å². The smallest absolute Gasteiger partial charge is 0.329 e. The van der Waals surface area contributed by atoms with E-state index in [4.69, 9.17) is 4.74 Å². The van der Waals surface area contributed by atoms with Gasteiger partial charge in [0.15, 0.2) is 5.78 Å². The summed E-state index contributed by atoms with van der Waals surface area (Å²) in [7, 11) is 1.32. The molecule has 1 amide bonds. The van der Waals surface area contributed by atoms with Crippen molar-refractivity contribution >= 4 is 29.4 Å². The second-order valence-electron chi connectivity index (χ2n) is 5.24. The van der Waals surface area contributed by atoms with Crippen LogP contribution in [0.25, 0.3) is 0 Å². The summed E-state index contributed by atoms with van der Waals surface area (Å²) in [5.41, 5.74) is 0.600. The van der Waals surface area contributed by atoms with Crippen molar-refractivity contribution in [1.82, 2.24) is 4.90 Å². The lowest BCUT2D eigenvalue weighted by atomic mass is 9.98. The van der Waals surface area contributed by atoms with Crippen LogP contribution >= 0.6 is 11.8 Å². The lowest BCUT2D eigenvalue weighted by Crippen LogP contribution is -2.45. The summed E-state index contributed by atoms with van der Waals surface area (Å²) in [4.78, 5) is 37.9. The number of benzene rings is 1. The second kappa shape index (κ2) is 7.45. The van der Waals surface area contributed by atoms with Gasteiger partial charge in [-0.05, 0) is 0 Å². The van der Waals surface area contributed by atoms with E-state index in [0.717, 1.165) is 0 Å². The number of amides is 1. The topological polar surface area (TPSA) is 63.7 Å². The minimum Gasteiger partial charge on any atom is -0.467 e. The monoisotopic (exact) mass is 321 g/mol. The van der Waals surface area contributed by atoms with E-state index in [9.17, 15) is 14.4 Å². The van der Waals surface area contributed by atoms with E-state index in [1.807, 2.05) is 6.07 Å². The van der Waals surface area contributed by atoms with Gasteiger partial charge in [0.1, 0.15) is 6.04 Å². The van der Waals surface area contributed by atoms with Crippen LogP contribution in [0.5, 0.6) is 0 Å². The fraction of sp³-hybridized carbons (Fsp3) is 0.438. The molecule has 0 bridgehead atoms. The third kappa shape index (κ3) is 3.68. The Bertz CT molecular complexity index is 561. The summed E-state index contributed by atoms with van der Waals surface area (Å²) in [5, 5.41) is 0. The van der Waals surface area contributed by atoms with Gasteiger partial charge in [-0.3, -0.25) is 9.59 Å². The Labute approximate surface area is 134 Å². The van der Waals surface area contributed by atoms with E-state index in [1.165, 1.54) is 23.8 Å². The van der Waals surface area contributed by atoms with Gasteiger partial charge in [0.2, 0.25) is 5.91 Å². The highest BCUT2D eigenvalue weighted by atomic mass is 32.2. The number of rotatable bonds is 5. The molecule has 1 saturated heterocycles. The first-order valence-electron chi connectivity index (χ1n) is 7.09. The first-order chi connectivity index (χ1) is 10.5. The maximum atomic E-state index is 12.5. The number of hydrogen-bond donors (Lipinski definition) is 0. The first kappa shape index (κ1) is 16.5. The molecule has 0 radical (unpaired) electrons. The molecule has 6 heteroatoms. The molecule has 1 aromatic rings. The molecule has 22 heavy (non-hydrogen) atoms. The zero-order valence-electron chi connectivity index (χ0n) is 12.7. The van der Waals surface area contributed by atoms with Gasteiger partial charge >= 0.3 is 5.97 Å². The molecule has 1 heterocycles. The van der Waals surface area contributed by atoms with Crippen LogP contribution in [0.4, 0.5) is 0 Å². The highest BCUT2D eigenvalue weighted by molar-refractivity contribution is 7.99. The van der Waals surface area contributed by atoms with Gasteiger partial charge in [0.25, 0.3) is 0 Å². The third-order valence-corrected chi connectivity index (χ3v) is 4.66. The average Bonchev–Trinajstić information content (AvgIpc) is 3.03. The maximum absolute atomic E-state index is 12.5. The number of nitrogens with zero attached hydrogens (tertiary/aromatic N) is 1. The number of carbonyl (C=O) groups is 3. The van der Waals surface area contributed by atoms with Crippen molar-refractivity contribution in [2.75, 3.05) is 18.7 Å². The molecular weight excluding hydrogens is 302 g/mol. The second-order valence-corrected chi connectivity index (χ2v) is 6.24. The number of Topliss-reactive ketones (excluding diaryl/α,β-unsaturated/α-hetero) is 1. The minimum absolute atomic E-state index is 0.0667. The molecule has 2 rings (SSSR count). The van der Waals surface area contributed by atoms with Crippen LogP contribution in [0.15, 0.2) is 30.3 Å². The zero-order valence-corrected chi connectivity index (χ0v) is 13.5. The predicted octanol–water partition coefficient (Wildman–Crippen LogP) is 1.97. The van der Waals surface area contributed by atoms with Crippen molar-refractivity contribution in [2.24, 2.45) is 5.92 Å². The molecule has 0 aliphatic carbocycles. The Morgan fingerprint density at radius 1 is 1.32 bits per heavy atom. The normalized spacial score (nSPS) is 18.8. The Kier molecular flexibility index (Phi) is 5.60. The summed E-state index contributed by atoms with van der Waals surface area (Å²) < 4.78 is 4.73. The SMILES string of the molecule is COC(=O)[C@@H]1CSCN1C(=O)[C@@H](C)CC(=O)c1ccccc1. The van der Waals surface area contributed by atoms with Crippen molar-refractivity contribution in [2.45, 2.75) is 19.4 Å². The molecule has 0 N–H and O–H groups in total. The lowest BCUT2D eigenvalue weighted by Gasteiger charge is -2.24. The molecule has 0 unspecified atom stereocenters. The van der Waals surface area contributed by atoms with Crippen molar-refractivity contribution in [1.29, 1.82) is 0 Å². The molecule has 1 fully saturated rings. The molecule has 0 saturated carbocycles. The van der Waals surface area contributed by atoms with E-state index in [1.54, 1.807) is 31.2 Å². The first-order valence-corrected chi connectivity index (χ1v) is 8.24. The third-order valence-electron chi connectivity index (χ3n) is 3.65. The number of carbonyl (C=O) groups excluding carboxylic acids is 3. The summed E-state index contributed by atoms with van der Waals surface area (Å²) in [6.07, 6.45) is 0.137. The van der Waals surface area contributed by atoms with Crippen LogP contribution in [-0.2, 0) is 14.3 Å². The molecular formula is C16H19NO4S. The summed E-state index contributed by atoms with van der Waals surface area (Å²) in [6.45, 7) is 1.72. The predicted molar refractivity (Wildman–Crippen MR) is 84.5 cm³/mol. The highest BCUT2D eigenvalue weighted by Crippen LogP contribution is 2.25. The number of esters is 1. The van der Waals surface area contributed by atoms with E-state index < -0.39 is 17.9 Å². The van der Waals surface area contributed by atoms with Gasteiger partial charge in [-0.25, -0.2) is 4.79 Å². The van der Waals surface area contributed by atoms with Crippen LogP contribution in [-0.4, -0.2) is 47.3 Å². The Morgan fingerprint density at radius 3 is 2.64 bits per heavy atom. The summed E-state index contributed by atoms with van der Waals surface area (Å²) in [6, 6.07) is 8.37. The van der Waals surface area contributed by atoms with E-state index in [-0.39, 0.29) is 18.1 Å². The van der Waals surface area contributed by atoms with Gasteiger partial charge in [0, 0.05) is 23.7 Å². The van der Waals surface area contributed by atoms with Gasteiger partial charge < -0.3 is 9.64 Å². The van der Waals surface area contributed by atoms with E-state index in [2.05, 4.69) is 0 Å². The zero-order chi connectivity index (χ0) is 16.1.